The van der Waals surface area contributed by atoms with Gasteiger partial charge >= 0.3 is 29.6 Å². The first-order valence-corrected chi connectivity index (χ1v) is 5.74. The molecular weight excluding hydrogens is 239 g/mol. The molecule has 1 aromatic carbocycles. The molecule has 0 spiro atoms. The molecule has 4 nitrogen and oxygen atoms in total. The van der Waals surface area contributed by atoms with Gasteiger partial charge in [-0.3, -0.25) is 0 Å². The van der Waals surface area contributed by atoms with Crippen LogP contribution in [-0.4, -0.2) is 19.6 Å². The number of ether oxygens (including phenoxy) is 1. The summed E-state index contributed by atoms with van der Waals surface area (Å²) < 4.78 is 37.0. The van der Waals surface area contributed by atoms with E-state index in [1.54, 1.807) is 6.08 Å². The van der Waals surface area contributed by atoms with Crippen molar-refractivity contribution in [1.82, 2.24) is 0 Å². The maximum Gasteiger partial charge on any atom is 1.00 e. The molecule has 0 aliphatic carbocycles. The third-order valence-corrected chi connectivity index (χ3v) is 2.55. The van der Waals surface area contributed by atoms with Gasteiger partial charge in [-0.2, -0.15) is 0 Å². The molecule has 0 radical (unpaired) electrons. The minimum absolute atomic E-state index is 0. The quantitative estimate of drug-likeness (QED) is 0.277. The van der Waals surface area contributed by atoms with E-state index in [9.17, 15) is 13.0 Å². The van der Waals surface area contributed by atoms with E-state index in [0.29, 0.717) is 18.8 Å². The zero-order valence-corrected chi connectivity index (χ0v) is 11.9. The number of rotatable bonds is 5. The van der Waals surface area contributed by atoms with Crippen molar-refractivity contribution in [3.05, 3.63) is 36.9 Å². The van der Waals surface area contributed by atoms with Crippen LogP contribution in [0.15, 0.2) is 41.8 Å². The number of hydrogen-bond donors (Lipinski definition) is 0. The Morgan fingerprint density at radius 2 is 1.88 bits per heavy atom. The second-order valence-corrected chi connectivity index (χ2v) is 4.23. The van der Waals surface area contributed by atoms with E-state index in [1.165, 1.54) is 24.3 Å². The first-order valence-electron chi connectivity index (χ1n) is 4.33. The van der Waals surface area contributed by atoms with Gasteiger partial charge in [-0.1, -0.05) is 6.08 Å². The maximum absolute atomic E-state index is 10.6. The van der Waals surface area contributed by atoms with Crippen LogP contribution in [-0.2, 0) is 10.1 Å². The van der Waals surface area contributed by atoms with Gasteiger partial charge in [0, 0.05) is 0 Å². The van der Waals surface area contributed by atoms with Gasteiger partial charge in [0.15, 0.2) is 0 Å². The normalized spacial score (nSPS) is 10.3. The molecule has 0 unspecified atom stereocenters. The van der Waals surface area contributed by atoms with Crippen LogP contribution in [0, 0.1) is 0 Å². The minimum atomic E-state index is -4.37. The van der Waals surface area contributed by atoms with E-state index in [1.807, 2.05) is 0 Å². The monoisotopic (exact) mass is 250 g/mol. The molecule has 0 heterocycles. The molecule has 1 rings (SSSR count). The average molecular weight is 250 g/mol. The van der Waals surface area contributed by atoms with Crippen LogP contribution in [0.5, 0.6) is 5.75 Å². The van der Waals surface area contributed by atoms with Gasteiger partial charge in [-0.25, -0.2) is 8.42 Å². The van der Waals surface area contributed by atoms with E-state index in [-0.39, 0.29) is 34.5 Å². The molecular formula is C10H11NaO4S. The van der Waals surface area contributed by atoms with E-state index in [0.717, 1.165) is 0 Å². The largest absolute Gasteiger partial charge is 1.00 e. The average Bonchev–Trinajstić information content (AvgIpc) is 2.18. The third kappa shape index (κ3) is 5.14. The van der Waals surface area contributed by atoms with Crippen LogP contribution in [0.3, 0.4) is 0 Å². The Labute approximate surface area is 117 Å². The van der Waals surface area contributed by atoms with Crippen molar-refractivity contribution < 1.29 is 47.3 Å². The fourth-order valence-corrected chi connectivity index (χ4v) is 1.43. The Balaban J connectivity index is 0.00000225. The fraction of sp³-hybridized carbons (Fsp3) is 0.200. The van der Waals surface area contributed by atoms with Crippen molar-refractivity contribution in [2.45, 2.75) is 11.3 Å². The van der Waals surface area contributed by atoms with E-state index >= 15 is 0 Å². The van der Waals surface area contributed by atoms with Gasteiger partial charge in [-0.05, 0) is 30.7 Å². The smallest absolute Gasteiger partial charge is 0.744 e. The summed E-state index contributed by atoms with van der Waals surface area (Å²) in [6.45, 7) is 4.02. The summed E-state index contributed by atoms with van der Waals surface area (Å²) in [6.07, 6.45) is 2.43. The molecule has 0 N–H and O–H groups in total. The van der Waals surface area contributed by atoms with Gasteiger partial charge < -0.3 is 9.29 Å². The van der Waals surface area contributed by atoms with Crippen LogP contribution in [0.25, 0.3) is 0 Å². The molecule has 0 atom stereocenters. The molecule has 0 aliphatic rings. The van der Waals surface area contributed by atoms with Gasteiger partial charge in [-0.15, -0.1) is 6.58 Å². The molecule has 16 heavy (non-hydrogen) atoms. The van der Waals surface area contributed by atoms with Crippen molar-refractivity contribution in [3.8, 4) is 5.75 Å². The summed E-state index contributed by atoms with van der Waals surface area (Å²) in [6, 6.07) is 5.36. The second kappa shape index (κ2) is 7.09. The summed E-state index contributed by atoms with van der Waals surface area (Å²) in [5.74, 6) is 0.532. The first-order chi connectivity index (χ1) is 7.04. The first kappa shape index (κ1) is 15.7. The summed E-state index contributed by atoms with van der Waals surface area (Å²) in [7, 11) is -4.37. The van der Waals surface area contributed by atoms with Crippen molar-refractivity contribution in [1.29, 1.82) is 0 Å². The number of hydrogen-bond acceptors (Lipinski definition) is 4. The fourth-order valence-electron chi connectivity index (χ4n) is 0.963. The van der Waals surface area contributed by atoms with Crippen LogP contribution in [0.4, 0.5) is 0 Å². The third-order valence-electron chi connectivity index (χ3n) is 1.70. The van der Waals surface area contributed by atoms with Gasteiger partial charge in [0.2, 0.25) is 0 Å². The summed E-state index contributed by atoms with van der Waals surface area (Å²) in [5, 5.41) is 0. The molecule has 0 aromatic heterocycles. The molecule has 0 saturated heterocycles. The molecule has 1 aromatic rings. The zero-order valence-electron chi connectivity index (χ0n) is 9.05. The van der Waals surface area contributed by atoms with Crippen LogP contribution < -0.4 is 34.3 Å². The Kier molecular flexibility index (Phi) is 6.94. The zero-order chi connectivity index (χ0) is 11.3. The van der Waals surface area contributed by atoms with Crippen LogP contribution in [0.1, 0.15) is 6.42 Å². The topological polar surface area (TPSA) is 66.4 Å². The van der Waals surface area contributed by atoms with Crippen LogP contribution >= 0.6 is 0 Å². The van der Waals surface area contributed by atoms with E-state index in [2.05, 4.69) is 6.58 Å². The Hall–Kier alpha value is -0.330. The van der Waals surface area contributed by atoms with Crippen molar-refractivity contribution in [3.63, 3.8) is 0 Å². The van der Waals surface area contributed by atoms with Gasteiger partial charge in [0.05, 0.1) is 11.5 Å². The molecule has 6 heteroatoms. The van der Waals surface area contributed by atoms with Crippen molar-refractivity contribution in [2.75, 3.05) is 6.61 Å². The van der Waals surface area contributed by atoms with E-state index in [4.69, 9.17) is 4.74 Å². The molecule has 0 bridgehead atoms. The summed E-state index contributed by atoms with van der Waals surface area (Å²) >= 11 is 0. The molecule has 0 aliphatic heterocycles. The Morgan fingerprint density at radius 3 is 2.31 bits per heavy atom. The Morgan fingerprint density at radius 1 is 1.31 bits per heavy atom. The predicted molar refractivity (Wildman–Crippen MR) is 54.7 cm³/mol. The van der Waals surface area contributed by atoms with Gasteiger partial charge in [0.1, 0.15) is 15.9 Å². The molecule has 0 amide bonds. The standard InChI is InChI=1S/C10H12O4S.Na/c1-2-3-8-14-9-4-6-10(7-5-9)15(11,12)13;/h2,4-7H,1,3,8H2,(H,11,12,13);/q;+1/p-1. The molecule has 0 fully saturated rings. The second-order valence-electron chi connectivity index (χ2n) is 2.85. The molecule has 0 saturated carbocycles. The SMILES string of the molecule is C=CCCOc1ccc(S(=O)(=O)[O-])cc1.[Na+]. The van der Waals surface area contributed by atoms with Gasteiger partial charge in [0.25, 0.3) is 0 Å². The van der Waals surface area contributed by atoms with E-state index < -0.39 is 10.1 Å². The van der Waals surface area contributed by atoms with Crippen molar-refractivity contribution >= 4 is 10.1 Å². The number of benzene rings is 1. The predicted octanol–water partition coefficient (Wildman–Crippen LogP) is -1.45. The Bertz CT molecular complexity index is 425. The summed E-state index contributed by atoms with van der Waals surface area (Å²) in [5.41, 5.74) is 0. The van der Waals surface area contributed by atoms with Crippen LogP contribution in [0.2, 0.25) is 0 Å². The minimum Gasteiger partial charge on any atom is -0.744 e. The maximum atomic E-state index is 10.6. The van der Waals surface area contributed by atoms with Crippen molar-refractivity contribution in [2.24, 2.45) is 0 Å². The molecule has 82 valence electrons. The summed E-state index contributed by atoms with van der Waals surface area (Å²) in [4.78, 5) is -0.251.